The van der Waals surface area contributed by atoms with Crippen LogP contribution in [0.2, 0.25) is 0 Å². The summed E-state index contributed by atoms with van der Waals surface area (Å²) in [6.07, 6.45) is 2.85. The first kappa shape index (κ1) is 14.6. The van der Waals surface area contributed by atoms with Crippen LogP contribution in [0.5, 0.6) is 0 Å². The number of likely N-dealkylation sites (tertiary alicyclic amines) is 1. The Bertz CT molecular complexity index is 530. The van der Waals surface area contributed by atoms with Crippen molar-refractivity contribution in [1.82, 2.24) is 4.90 Å². The van der Waals surface area contributed by atoms with Crippen LogP contribution in [0.25, 0.3) is 0 Å². The molecule has 2 N–H and O–H groups in total. The van der Waals surface area contributed by atoms with Crippen LogP contribution >= 0.6 is 0 Å². The molecule has 1 heterocycles. The summed E-state index contributed by atoms with van der Waals surface area (Å²) >= 11 is 0. The first-order valence-electron chi connectivity index (χ1n) is 6.88. The van der Waals surface area contributed by atoms with Crippen molar-refractivity contribution in [2.75, 3.05) is 19.8 Å². The van der Waals surface area contributed by atoms with Crippen molar-refractivity contribution in [3.63, 3.8) is 0 Å². The molecule has 1 aromatic carbocycles. The summed E-state index contributed by atoms with van der Waals surface area (Å²) in [7, 11) is 0. The van der Waals surface area contributed by atoms with Gasteiger partial charge >= 0.3 is 0 Å². The average molecular weight is 273 g/mol. The van der Waals surface area contributed by atoms with Crippen LogP contribution in [-0.4, -0.2) is 46.8 Å². The van der Waals surface area contributed by atoms with Crippen molar-refractivity contribution in [3.8, 4) is 11.8 Å². The van der Waals surface area contributed by atoms with Crippen LogP contribution in [0, 0.1) is 11.8 Å². The van der Waals surface area contributed by atoms with Crippen LogP contribution in [-0.2, 0) is 0 Å². The molecule has 0 spiro atoms. The van der Waals surface area contributed by atoms with Crippen molar-refractivity contribution in [2.45, 2.75) is 25.3 Å². The number of benzene rings is 1. The van der Waals surface area contributed by atoms with Gasteiger partial charge in [0.25, 0.3) is 5.91 Å². The number of hydrogen-bond donors (Lipinski definition) is 2. The Balaban J connectivity index is 2.28. The van der Waals surface area contributed by atoms with E-state index in [2.05, 4.69) is 11.8 Å². The number of carbonyl (C=O) groups is 1. The molecule has 0 aromatic heterocycles. The van der Waals surface area contributed by atoms with E-state index in [9.17, 15) is 9.90 Å². The van der Waals surface area contributed by atoms with Crippen LogP contribution in [0.4, 0.5) is 0 Å². The van der Waals surface area contributed by atoms with E-state index in [-0.39, 0.29) is 25.2 Å². The van der Waals surface area contributed by atoms with Gasteiger partial charge < -0.3 is 15.1 Å². The molecular formula is C16H19NO3. The van der Waals surface area contributed by atoms with Gasteiger partial charge in [0, 0.05) is 12.1 Å². The first-order valence-corrected chi connectivity index (χ1v) is 6.88. The van der Waals surface area contributed by atoms with Crippen LogP contribution in [0.3, 0.4) is 0 Å². The van der Waals surface area contributed by atoms with Crippen LogP contribution in [0.15, 0.2) is 24.3 Å². The molecule has 106 valence electrons. The first-order chi connectivity index (χ1) is 9.77. The van der Waals surface area contributed by atoms with E-state index in [1.165, 1.54) is 0 Å². The second-order valence-corrected chi connectivity index (χ2v) is 4.84. The van der Waals surface area contributed by atoms with Crippen LogP contribution < -0.4 is 0 Å². The van der Waals surface area contributed by atoms with Crippen molar-refractivity contribution < 1.29 is 15.0 Å². The molecule has 20 heavy (non-hydrogen) atoms. The van der Waals surface area contributed by atoms with Gasteiger partial charge in [-0.25, -0.2) is 0 Å². The Morgan fingerprint density at radius 2 is 2.10 bits per heavy atom. The van der Waals surface area contributed by atoms with Crippen molar-refractivity contribution >= 4 is 5.91 Å². The van der Waals surface area contributed by atoms with E-state index in [1.54, 1.807) is 23.1 Å². The minimum atomic E-state index is -0.231. The number of carbonyl (C=O) groups excluding carboxylic acids is 1. The molecule has 1 fully saturated rings. The SMILES string of the molecule is O=C(c1ccccc1C#CCO)N1CCCCC1CO. The van der Waals surface area contributed by atoms with E-state index in [4.69, 9.17) is 5.11 Å². The largest absolute Gasteiger partial charge is 0.394 e. The van der Waals surface area contributed by atoms with Gasteiger partial charge in [-0.2, -0.15) is 0 Å². The molecule has 1 aromatic rings. The highest BCUT2D eigenvalue weighted by molar-refractivity contribution is 5.97. The maximum absolute atomic E-state index is 12.6. The molecule has 2 rings (SSSR count). The lowest BCUT2D eigenvalue weighted by Gasteiger charge is -2.34. The van der Waals surface area contributed by atoms with Crippen molar-refractivity contribution in [2.24, 2.45) is 0 Å². The maximum Gasteiger partial charge on any atom is 0.255 e. The minimum absolute atomic E-state index is 0.00374. The fourth-order valence-corrected chi connectivity index (χ4v) is 2.53. The lowest BCUT2D eigenvalue weighted by atomic mass is 9.99. The Kier molecular flexibility index (Phi) is 5.16. The summed E-state index contributed by atoms with van der Waals surface area (Å²) in [4.78, 5) is 14.4. The second-order valence-electron chi connectivity index (χ2n) is 4.84. The number of aliphatic hydroxyl groups excluding tert-OH is 2. The molecule has 1 saturated heterocycles. The summed E-state index contributed by atoms with van der Waals surface area (Å²) in [5.41, 5.74) is 1.16. The normalized spacial score (nSPS) is 18.3. The Labute approximate surface area is 119 Å². The van der Waals surface area contributed by atoms with Gasteiger partial charge in [-0.1, -0.05) is 24.0 Å². The predicted molar refractivity (Wildman–Crippen MR) is 76.2 cm³/mol. The standard InChI is InChI=1S/C16H19NO3/c18-11-5-7-13-6-1-2-9-15(13)16(20)17-10-4-3-8-14(17)12-19/h1-2,6,9,14,18-19H,3-4,8,10-12H2. The predicted octanol–water partition coefficient (Wildman–Crippen LogP) is 1.02. The molecule has 0 aliphatic carbocycles. The number of amides is 1. The quantitative estimate of drug-likeness (QED) is 0.791. The molecule has 0 saturated carbocycles. The lowest BCUT2D eigenvalue weighted by Crippen LogP contribution is -2.45. The molecule has 4 nitrogen and oxygen atoms in total. The monoisotopic (exact) mass is 273 g/mol. The number of rotatable bonds is 2. The second kappa shape index (κ2) is 7.09. The zero-order valence-corrected chi connectivity index (χ0v) is 11.4. The summed E-state index contributed by atoms with van der Waals surface area (Å²) in [5.74, 6) is 5.29. The third-order valence-corrected chi connectivity index (χ3v) is 3.56. The Morgan fingerprint density at radius 3 is 2.85 bits per heavy atom. The molecule has 1 amide bonds. The lowest BCUT2D eigenvalue weighted by molar-refractivity contribution is 0.0503. The van der Waals surface area contributed by atoms with Gasteiger partial charge in [0.05, 0.1) is 18.2 Å². The highest BCUT2D eigenvalue weighted by Crippen LogP contribution is 2.20. The van der Waals surface area contributed by atoms with E-state index < -0.39 is 0 Å². The van der Waals surface area contributed by atoms with Gasteiger partial charge in [-0.15, -0.1) is 0 Å². The average Bonchev–Trinajstić information content (AvgIpc) is 2.52. The fourth-order valence-electron chi connectivity index (χ4n) is 2.53. The Hall–Kier alpha value is -1.83. The summed E-state index contributed by atoms with van der Waals surface area (Å²) < 4.78 is 0. The third-order valence-electron chi connectivity index (χ3n) is 3.56. The van der Waals surface area contributed by atoms with Gasteiger partial charge in [-0.05, 0) is 31.4 Å². The van der Waals surface area contributed by atoms with Crippen LogP contribution in [0.1, 0.15) is 35.2 Å². The molecule has 1 atom stereocenters. The van der Waals surface area contributed by atoms with Gasteiger partial charge in [-0.3, -0.25) is 4.79 Å². The number of aliphatic hydroxyl groups is 2. The number of hydrogen-bond acceptors (Lipinski definition) is 3. The highest BCUT2D eigenvalue weighted by atomic mass is 16.3. The zero-order chi connectivity index (χ0) is 14.4. The van der Waals surface area contributed by atoms with Crippen molar-refractivity contribution in [3.05, 3.63) is 35.4 Å². The van der Waals surface area contributed by atoms with Gasteiger partial charge in [0.15, 0.2) is 0 Å². The van der Waals surface area contributed by atoms with E-state index in [0.717, 1.165) is 19.3 Å². The summed E-state index contributed by atoms with van der Waals surface area (Å²) in [5, 5.41) is 18.2. The molecule has 0 bridgehead atoms. The minimum Gasteiger partial charge on any atom is -0.394 e. The van der Waals surface area contributed by atoms with Crippen molar-refractivity contribution in [1.29, 1.82) is 0 Å². The molecule has 1 aliphatic heterocycles. The molecule has 1 unspecified atom stereocenters. The number of piperidine rings is 1. The smallest absolute Gasteiger partial charge is 0.255 e. The maximum atomic E-state index is 12.6. The third kappa shape index (κ3) is 3.19. The highest BCUT2D eigenvalue weighted by Gasteiger charge is 2.27. The van der Waals surface area contributed by atoms with E-state index >= 15 is 0 Å². The zero-order valence-electron chi connectivity index (χ0n) is 11.4. The van der Waals surface area contributed by atoms with Gasteiger partial charge in [0.1, 0.15) is 6.61 Å². The molecular weight excluding hydrogens is 254 g/mol. The van der Waals surface area contributed by atoms with E-state index in [1.807, 2.05) is 6.07 Å². The van der Waals surface area contributed by atoms with Gasteiger partial charge in [0.2, 0.25) is 0 Å². The number of nitrogens with zero attached hydrogens (tertiary/aromatic N) is 1. The Morgan fingerprint density at radius 1 is 1.30 bits per heavy atom. The molecule has 1 aliphatic rings. The molecule has 4 heteroatoms. The summed E-state index contributed by atoms with van der Waals surface area (Å²) in [6, 6.07) is 7.03. The fraction of sp³-hybridized carbons (Fsp3) is 0.438. The topological polar surface area (TPSA) is 60.8 Å². The molecule has 0 radical (unpaired) electrons. The summed E-state index contributed by atoms with van der Waals surface area (Å²) in [6.45, 7) is 0.438. The van der Waals surface area contributed by atoms with E-state index in [0.29, 0.717) is 17.7 Å².